The summed E-state index contributed by atoms with van der Waals surface area (Å²) in [4.78, 5) is 0. The van der Waals surface area contributed by atoms with Crippen molar-refractivity contribution in [3.05, 3.63) is 69.8 Å². The Balaban J connectivity index is 2.36. The highest BCUT2D eigenvalue weighted by Crippen LogP contribution is 2.14. The molecule has 1 nitrogen and oxygen atoms in total. The Morgan fingerprint density at radius 3 is 1.67 bits per heavy atom. The van der Waals surface area contributed by atoms with Crippen molar-refractivity contribution in [2.75, 3.05) is 0 Å². The molecule has 2 aromatic rings. The molecule has 0 amide bonds. The van der Waals surface area contributed by atoms with Crippen molar-refractivity contribution < 1.29 is 4.43 Å². The number of hydrogen-bond donors (Lipinski definition) is 0. The van der Waals surface area contributed by atoms with Crippen LogP contribution in [0, 0.1) is 41.5 Å². The Kier molecular flexibility index (Phi) is 9.58. The molecule has 30 heavy (non-hydrogen) atoms. The lowest BCUT2D eigenvalue weighted by atomic mass is 10.1. The van der Waals surface area contributed by atoms with Gasteiger partial charge in [-0.2, -0.15) is 0 Å². The summed E-state index contributed by atoms with van der Waals surface area (Å²) in [5.74, 6) is 0. The van der Waals surface area contributed by atoms with Crippen LogP contribution in [0.4, 0.5) is 0 Å². The van der Waals surface area contributed by atoms with Gasteiger partial charge in [0.1, 0.15) is 0 Å². The molecule has 0 bridgehead atoms. The number of aryl methyl sites for hydroxylation is 6. The second kappa shape index (κ2) is 11.7. The molecule has 0 fully saturated rings. The Bertz CT molecular complexity index is 761. The third kappa shape index (κ3) is 6.68. The fourth-order valence-electron chi connectivity index (χ4n) is 4.52. The molecule has 0 aliphatic carbocycles. The summed E-state index contributed by atoms with van der Waals surface area (Å²) in [6.45, 7) is 17.8. The van der Waals surface area contributed by atoms with Crippen LogP contribution in [-0.2, 0) is 4.43 Å². The summed E-state index contributed by atoms with van der Waals surface area (Å²) < 4.78 is 6.87. The lowest BCUT2D eigenvalue weighted by molar-refractivity contribution is 0.282. The van der Waals surface area contributed by atoms with E-state index in [-0.39, 0.29) is 6.10 Å². The first-order valence-corrected chi connectivity index (χ1v) is 13.0. The summed E-state index contributed by atoms with van der Waals surface area (Å²) >= 11 is 0. The zero-order valence-electron chi connectivity index (χ0n) is 20.5. The average Bonchev–Trinajstić information content (AvgIpc) is 2.62. The molecule has 0 heterocycles. The predicted molar refractivity (Wildman–Crippen MR) is 135 cm³/mol. The second-order valence-electron chi connectivity index (χ2n) is 8.98. The predicted octanol–water partition coefficient (Wildman–Crippen LogP) is 6.57. The molecule has 2 rings (SSSR count). The van der Waals surface area contributed by atoms with Crippen molar-refractivity contribution in [3.8, 4) is 0 Å². The van der Waals surface area contributed by atoms with Gasteiger partial charge in [-0.05, 0) is 93.9 Å². The SMILES string of the molecule is CCCCCC/C=C/C(C)O[Si](c1c(C)cc(C)cc1C)c1c(C)cc(C)cc1C. The summed E-state index contributed by atoms with van der Waals surface area (Å²) in [6, 6.07) is 9.24. The van der Waals surface area contributed by atoms with Crippen LogP contribution in [0.3, 0.4) is 0 Å². The minimum absolute atomic E-state index is 0.116. The van der Waals surface area contributed by atoms with Crippen LogP contribution in [0.5, 0.6) is 0 Å². The van der Waals surface area contributed by atoms with Crippen LogP contribution < -0.4 is 10.4 Å². The molecule has 0 N–H and O–H groups in total. The summed E-state index contributed by atoms with van der Waals surface area (Å²) in [7, 11) is -1.35. The van der Waals surface area contributed by atoms with Crippen LogP contribution >= 0.6 is 0 Å². The molecule has 2 heteroatoms. The highest BCUT2D eigenvalue weighted by Gasteiger charge is 2.28. The summed E-state index contributed by atoms with van der Waals surface area (Å²) in [5.41, 5.74) is 8.08. The Labute approximate surface area is 187 Å². The van der Waals surface area contributed by atoms with Crippen LogP contribution in [0.25, 0.3) is 0 Å². The number of allylic oxidation sites excluding steroid dienone is 1. The van der Waals surface area contributed by atoms with Crippen molar-refractivity contribution >= 4 is 19.4 Å². The number of hydrogen-bond acceptors (Lipinski definition) is 1. The third-order valence-corrected chi connectivity index (χ3v) is 8.84. The van der Waals surface area contributed by atoms with Gasteiger partial charge >= 0.3 is 0 Å². The van der Waals surface area contributed by atoms with Crippen molar-refractivity contribution in [3.63, 3.8) is 0 Å². The Hall–Kier alpha value is -1.64. The molecule has 1 atom stereocenters. The van der Waals surface area contributed by atoms with E-state index >= 15 is 0 Å². The fraction of sp³-hybridized carbons (Fsp3) is 0.500. The number of benzene rings is 2. The maximum Gasteiger partial charge on any atom is 0.284 e. The van der Waals surface area contributed by atoms with Crippen molar-refractivity contribution in [2.24, 2.45) is 0 Å². The smallest absolute Gasteiger partial charge is 0.284 e. The lowest BCUT2D eigenvalue weighted by Crippen LogP contribution is -2.51. The van der Waals surface area contributed by atoms with Gasteiger partial charge in [-0.1, -0.05) is 73.7 Å². The molecule has 0 spiro atoms. The molecule has 0 aliphatic rings. The summed E-state index contributed by atoms with van der Waals surface area (Å²) in [5, 5.41) is 2.84. The van der Waals surface area contributed by atoms with E-state index in [0.717, 1.165) is 6.42 Å². The van der Waals surface area contributed by atoms with Gasteiger partial charge in [0.2, 0.25) is 0 Å². The fourth-order valence-corrected chi connectivity index (χ4v) is 7.18. The monoisotopic (exact) mass is 421 g/mol. The highest BCUT2D eigenvalue weighted by atomic mass is 28.3. The number of unbranched alkanes of at least 4 members (excludes halogenated alkanes) is 4. The van der Waals surface area contributed by atoms with Crippen molar-refractivity contribution in [1.82, 2.24) is 0 Å². The molecule has 0 saturated carbocycles. The van der Waals surface area contributed by atoms with Gasteiger partial charge in [0.05, 0.1) is 6.10 Å². The zero-order chi connectivity index (χ0) is 22.3. The minimum atomic E-state index is -1.35. The Morgan fingerprint density at radius 2 is 1.23 bits per heavy atom. The lowest BCUT2D eigenvalue weighted by Gasteiger charge is -2.26. The van der Waals surface area contributed by atoms with E-state index in [9.17, 15) is 0 Å². The van der Waals surface area contributed by atoms with Crippen molar-refractivity contribution in [1.29, 1.82) is 0 Å². The van der Waals surface area contributed by atoms with Gasteiger partial charge in [0.25, 0.3) is 9.04 Å². The first kappa shape index (κ1) is 24.6. The summed E-state index contributed by atoms with van der Waals surface area (Å²) in [6.07, 6.45) is 11.1. The van der Waals surface area contributed by atoms with E-state index in [1.807, 2.05) is 0 Å². The van der Waals surface area contributed by atoms with E-state index in [4.69, 9.17) is 4.43 Å². The zero-order valence-corrected chi connectivity index (χ0v) is 21.5. The van der Waals surface area contributed by atoms with Gasteiger partial charge in [0, 0.05) is 0 Å². The van der Waals surface area contributed by atoms with Crippen LogP contribution in [0.15, 0.2) is 36.4 Å². The molecular weight excluding hydrogens is 380 g/mol. The van der Waals surface area contributed by atoms with Crippen LogP contribution in [-0.4, -0.2) is 15.1 Å². The molecule has 1 unspecified atom stereocenters. The molecule has 0 saturated heterocycles. The topological polar surface area (TPSA) is 9.23 Å². The maximum absolute atomic E-state index is 6.87. The largest absolute Gasteiger partial charge is 0.401 e. The molecule has 0 aliphatic heterocycles. The molecular formula is C28H41OSi. The third-order valence-electron chi connectivity index (χ3n) is 5.74. The van der Waals surface area contributed by atoms with E-state index in [0.29, 0.717) is 0 Å². The van der Waals surface area contributed by atoms with E-state index in [2.05, 4.69) is 91.8 Å². The first-order chi connectivity index (χ1) is 14.2. The normalized spacial score (nSPS) is 12.8. The van der Waals surface area contributed by atoms with Gasteiger partial charge in [-0.15, -0.1) is 0 Å². The Morgan fingerprint density at radius 1 is 0.767 bits per heavy atom. The first-order valence-electron chi connectivity index (χ1n) is 11.6. The van der Waals surface area contributed by atoms with Gasteiger partial charge < -0.3 is 4.43 Å². The average molecular weight is 422 g/mol. The second-order valence-corrected chi connectivity index (χ2v) is 10.9. The standard InChI is InChI=1S/C28H41OSi/c1-9-10-11-12-13-14-15-26(8)29-30(27-22(4)16-20(2)17-23(27)5)28-24(6)18-21(3)19-25(28)7/h14-19,26H,9-13H2,1-8H3/b15-14+. The minimum Gasteiger partial charge on any atom is -0.401 e. The van der Waals surface area contributed by atoms with E-state index in [1.165, 1.54) is 69.4 Å². The molecule has 1 radical (unpaired) electrons. The highest BCUT2D eigenvalue weighted by molar-refractivity contribution is 6.81. The van der Waals surface area contributed by atoms with Crippen LogP contribution in [0.2, 0.25) is 0 Å². The molecule has 0 aromatic heterocycles. The molecule has 163 valence electrons. The maximum atomic E-state index is 6.87. The molecule has 2 aromatic carbocycles. The van der Waals surface area contributed by atoms with E-state index < -0.39 is 9.04 Å². The van der Waals surface area contributed by atoms with Gasteiger partial charge in [-0.3, -0.25) is 0 Å². The quantitative estimate of drug-likeness (QED) is 0.239. The van der Waals surface area contributed by atoms with Gasteiger partial charge in [-0.25, -0.2) is 0 Å². The van der Waals surface area contributed by atoms with Gasteiger partial charge in [0.15, 0.2) is 0 Å². The number of rotatable bonds is 10. The van der Waals surface area contributed by atoms with Crippen LogP contribution in [0.1, 0.15) is 79.3 Å². The van der Waals surface area contributed by atoms with E-state index in [1.54, 1.807) is 0 Å². The van der Waals surface area contributed by atoms with Crippen molar-refractivity contribution in [2.45, 2.75) is 93.6 Å².